The quantitative estimate of drug-likeness (QED) is 0.469. The number of amides is 2. The maximum Gasteiger partial charge on any atom is 0.263 e. The summed E-state index contributed by atoms with van der Waals surface area (Å²) in [7, 11) is 3.14. The van der Waals surface area contributed by atoms with Crippen LogP contribution in [0.15, 0.2) is 60.7 Å². The highest BCUT2D eigenvalue weighted by atomic mass is 16.5. The predicted octanol–water partition coefficient (Wildman–Crippen LogP) is 4.13. The lowest BCUT2D eigenvalue weighted by Crippen LogP contribution is -2.46. The lowest BCUT2D eigenvalue weighted by atomic mass is 10.1. The van der Waals surface area contributed by atoms with Crippen molar-refractivity contribution in [2.24, 2.45) is 0 Å². The maximum atomic E-state index is 13.5. The van der Waals surface area contributed by atoms with Crippen LogP contribution in [0.25, 0.3) is 0 Å². The van der Waals surface area contributed by atoms with Gasteiger partial charge in [0.2, 0.25) is 0 Å². The SMILES string of the molecule is COc1ccc(CN2C(=O)c3cccc(N4CCN(Cc5cccc(C)c5)CC4)c3C2=O)cc1OC. The highest BCUT2D eigenvalue weighted by Gasteiger charge is 2.38. The molecule has 0 unspecified atom stereocenters. The van der Waals surface area contributed by atoms with Gasteiger partial charge in [-0.2, -0.15) is 0 Å². The van der Waals surface area contributed by atoms with Gasteiger partial charge >= 0.3 is 0 Å². The number of aryl methyl sites for hydroxylation is 1. The van der Waals surface area contributed by atoms with Crippen molar-refractivity contribution in [1.29, 1.82) is 0 Å². The summed E-state index contributed by atoms with van der Waals surface area (Å²) in [6.45, 7) is 6.61. The highest BCUT2D eigenvalue weighted by molar-refractivity contribution is 6.23. The lowest BCUT2D eigenvalue weighted by Gasteiger charge is -2.36. The van der Waals surface area contributed by atoms with E-state index in [9.17, 15) is 9.59 Å². The zero-order valence-electron chi connectivity index (χ0n) is 21.0. The minimum Gasteiger partial charge on any atom is -0.493 e. The van der Waals surface area contributed by atoms with E-state index < -0.39 is 0 Å². The molecule has 2 amide bonds. The number of rotatable bonds is 7. The zero-order chi connectivity index (χ0) is 25.2. The Morgan fingerprint density at radius 1 is 0.750 bits per heavy atom. The Bertz CT molecular complexity index is 1300. The summed E-state index contributed by atoms with van der Waals surface area (Å²) in [5, 5.41) is 0. The Labute approximate surface area is 211 Å². The molecule has 7 heteroatoms. The third-order valence-corrected chi connectivity index (χ3v) is 6.97. The van der Waals surface area contributed by atoms with Gasteiger partial charge in [-0.1, -0.05) is 42.0 Å². The third-order valence-electron chi connectivity index (χ3n) is 6.97. The van der Waals surface area contributed by atoms with Gasteiger partial charge in [0.15, 0.2) is 11.5 Å². The normalized spacial score (nSPS) is 15.9. The van der Waals surface area contributed by atoms with Crippen molar-refractivity contribution in [1.82, 2.24) is 9.80 Å². The Morgan fingerprint density at radius 2 is 1.47 bits per heavy atom. The van der Waals surface area contributed by atoms with Crippen LogP contribution in [0.4, 0.5) is 5.69 Å². The van der Waals surface area contributed by atoms with Crippen LogP contribution >= 0.6 is 0 Å². The number of benzene rings is 3. The van der Waals surface area contributed by atoms with Gasteiger partial charge in [0.1, 0.15) is 0 Å². The summed E-state index contributed by atoms with van der Waals surface area (Å²) < 4.78 is 10.7. The monoisotopic (exact) mass is 485 g/mol. The molecule has 0 N–H and O–H groups in total. The summed E-state index contributed by atoms with van der Waals surface area (Å²) >= 11 is 0. The van der Waals surface area contributed by atoms with E-state index in [0.29, 0.717) is 22.6 Å². The summed E-state index contributed by atoms with van der Waals surface area (Å²) in [5.41, 5.74) is 5.21. The number of nitrogens with zero attached hydrogens (tertiary/aromatic N) is 3. The molecule has 7 nitrogen and oxygen atoms in total. The Balaban J connectivity index is 1.31. The van der Waals surface area contributed by atoms with E-state index in [2.05, 4.69) is 41.0 Å². The number of ether oxygens (including phenoxy) is 2. The van der Waals surface area contributed by atoms with E-state index in [4.69, 9.17) is 9.47 Å². The number of piperazine rings is 1. The predicted molar refractivity (Wildman–Crippen MR) is 139 cm³/mol. The first-order chi connectivity index (χ1) is 17.5. The number of carbonyl (C=O) groups is 2. The van der Waals surface area contributed by atoms with Gasteiger partial charge in [-0.25, -0.2) is 0 Å². The van der Waals surface area contributed by atoms with Crippen LogP contribution in [-0.2, 0) is 13.1 Å². The van der Waals surface area contributed by atoms with Crippen LogP contribution in [0.5, 0.6) is 11.5 Å². The summed E-state index contributed by atoms with van der Waals surface area (Å²) in [6.07, 6.45) is 0. The molecule has 0 radical (unpaired) electrons. The number of anilines is 1. The van der Waals surface area contributed by atoms with Gasteiger partial charge in [-0.15, -0.1) is 0 Å². The molecule has 0 saturated carbocycles. The second-order valence-electron chi connectivity index (χ2n) is 9.34. The van der Waals surface area contributed by atoms with E-state index in [0.717, 1.165) is 44.0 Å². The average molecular weight is 486 g/mol. The van der Waals surface area contributed by atoms with E-state index in [1.165, 1.54) is 16.0 Å². The van der Waals surface area contributed by atoms with E-state index in [1.54, 1.807) is 32.4 Å². The minimum atomic E-state index is -0.260. The summed E-state index contributed by atoms with van der Waals surface area (Å²) in [6, 6.07) is 19.6. The molecular formula is C29H31N3O4. The van der Waals surface area contributed by atoms with Gasteiger partial charge in [0.25, 0.3) is 11.8 Å². The molecule has 1 saturated heterocycles. The fourth-order valence-electron chi connectivity index (χ4n) is 5.10. The van der Waals surface area contributed by atoms with Crippen LogP contribution < -0.4 is 14.4 Å². The van der Waals surface area contributed by atoms with Crippen molar-refractivity contribution < 1.29 is 19.1 Å². The molecule has 0 spiro atoms. The number of imide groups is 1. The fraction of sp³-hybridized carbons (Fsp3) is 0.310. The van der Waals surface area contributed by atoms with Gasteiger partial charge in [-0.05, 0) is 42.3 Å². The number of hydrogen-bond donors (Lipinski definition) is 0. The molecular weight excluding hydrogens is 454 g/mol. The second kappa shape index (κ2) is 10.0. The van der Waals surface area contributed by atoms with Gasteiger partial charge in [0.05, 0.1) is 37.6 Å². The Kier molecular flexibility index (Phi) is 6.65. The van der Waals surface area contributed by atoms with Crippen LogP contribution in [0, 0.1) is 6.92 Å². The standard InChI is InChI=1S/C29H31N3O4/c1-20-6-4-7-21(16-20)18-30-12-14-31(15-13-30)24-9-5-8-23-27(24)29(34)32(28(23)33)19-22-10-11-25(35-2)26(17-22)36-3/h4-11,16-17H,12-15,18-19H2,1-3H3. The van der Waals surface area contributed by atoms with E-state index in [1.807, 2.05) is 18.2 Å². The summed E-state index contributed by atoms with van der Waals surface area (Å²) in [5.74, 6) is 0.663. The molecule has 186 valence electrons. The van der Waals surface area contributed by atoms with Gasteiger partial charge < -0.3 is 14.4 Å². The minimum absolute atomic E-state index is 0.177. The van der Waals surface area contributed by atoms with Gasteiger partial charge in [0, 0.05) is 32.7 Å². The molecule has 5 rings (SSSR count). The van der Waals surface area contributed by atoms with Crippen molar-refractivity contribution in [2.75, 3.05) is 45.3 Å². The molecule has 0 atom stereocenters. The highest BCUT2D eigenvalue weighted by Crippen LogP contribution is 2.34. The third kappa shape index (κ3) is 4.54. The largest absolute Gasteiger partial charge is 0.493 e. The molecule has 2 aliphatic heterocycles. The smallest absolute Gasteiger partial charge is 0.263 e. The van der Waals surface area contributed by atoms with E-state index in [-0.39, 0.29) is 18.4 Å². The lowest BCUT2D eigenvalue weighted by molar-refractivity contribution is 0.0642. The molecule has 0 aliphatic carbocycles. The van der Waals surface area contributed by atoms with Crippen molar-refractivity contribution in [3.05, 3.63) is 88.5 Å². The first kappa shape index (κ1) is 23.9. The van der Waals surface area contributed by atoms with Gasteiger partial charge in [-0.3, -0.25) is 19.4 Å². The molecule has 3 aromatic rings. The molecule has 2 heterocycles. The maximum absolute atomic E-state index is 13.5. The molecule has 3 aromatic carbocycles. The van der Waals surface area contributed by atoms with Crippen LogP contribution in [0.1, 0.15) is 37.4 Å². The first-order valence-corrected chi connectivity index (χ1v) is 12.2. The zero-order valence-corrected chi connectivity index (χ0v) is 21.0. The molecule has 2 aliphatic rings. The van der Waals surface area contributed by atoms with Crippen LogP contribution in [-0.4, -0.2) is 62.0 Å². The number of hydrogen-bond acceptors (Lipinski definition) is 6. The second-order valence-corrected chi connectivity index (χ2v) is 9.34. The Hall–Kier alpha value is -3.84. The topological polar surface area (TPSA) is 62.3 Å². The fourth-order valence-corrected chi connectivity index (χ4v) is 5.10. The summed E-state index contributed by atoms with van der Waals surface area (Å²) in [4.78, 5) is 32.7. The molecule has 36 heavy (non-hydrogen) atoms. The van der Waals surface area contributed by atoms with Crippen molar-refractivity contribution in [2.45, 2.75) is 20.0 Å². The van der Waals surface area contributed by atoms with Crippen LogP contribution in [0.2, 0.25) is 0 Å². The van der Waals surface area contributed by atoms with Crippen molar-refractivity contribution >= 4 is 17.5 Å². The number of fused-ring (bicyclic) bond motifs is 1. The molecule has 0 bridgehead atoms. The number of methoxy groups -OCH3 is 2. The molecule has 0 aromatic heterocycles. The Morgan fingerprint density at radius 3 is 2.19 bits per heavy atom. The first-order valence-electron chi connectivity index (χ1n) is 12.2. The van der Waals surface area contributed by atoms with E-state index >= 15 is 0 Å². The van der Waals surface area contributed by atoms with Crippen molar-refractivity contribution in [3.8, 4) is 11.5 Å². The molecule has 1 fully saturated rings. The average Bonchev–Trinajstić information content (AvgIpc) is 3.14. The van der Waals surface area contributed by atoms with Crippen molar-refractivity contribution in [3.63, 3.8) is 0 Å². The van der Waals surface area contributed by atoms with Crippen LogP contribution in [0.3, 0.4) is 0 Å². The number of carbonyl (C=O) groups excluding carboxylic acids is 2.